The van der Waals surface area contributed by atoms with Crippen LogP contribution in [0.4, 0.5) is 13.2 Å². The van der Waals surface area contributed by atoms with E-state index in [1.54, 1.807) is 4.90 Å². The molecule has 0 spiro atoms. The van der Waals surface area contributed by atoms with Crippen LogP contribution >= 0.6 is 12.4 Å². The normalized spacial score (nSPS) is 24.1. The molecule has 2 fully saturated rings. The fraction of sp³-hybridized carbons (Fsp3) is 0.600. The number of nitrogens with zero attached hydrogens (tertiary/aromatic N) is 2. The average molecular weight is 350 g/mol. The fourth-order valence-corrected chi connectivity index (χ4v) is 3.24. The zero-order valence-electron chi connectivity index (χ0n) is 12.7. The van der Waals surface area contributed by atoms with Gasteiger partial charge < -0.3 is 10.2 Å². The molecule has 1 amide bonds. The number of carbonyl (C=O) groups excluding carboxylic acids is 1. The number of amides is 1. The van der Waals surface area contributed by atoms with Crippen molar-refractivity contribution in [2.75, 3.05) is 13.1 Å². The largest absolute Gasteiger partial charge is 0.433 e. The molecule has 3 heterocycles. The van der Waals surface area contributed by atoms with Gasteiger partial charge in [-0.05, 0) is 38.3 Å². The fourth-order valence-electron chi connectivity index (χ4n) is 3.24. The number of carbonyl (C=O) groups is 1. The number of likely N-dealkylation sites (tertiary alicyclic amines) is 1. The molecule has 2 aliphatic rings. The average Bonchev–Trinajstić information content (AvgIpc) is 2.76. The molecule has 128 valence electrons. The zero-order valence-corrected chi connectivity index (χ0v) is 13.5. The van der Waals surface area contributed by atoms with E-state index in [-0.39, 0.29) is 29.6 Å². The molecule has 1 aromatic heterocycles. The zero-order chi connectivity index (χ0) is 15.9. The summed E-state index contributed by atoms with van der Waals surface area (Å²) in [6.07, 6.45) is -1.43. The summed E-state index contributed by atoms with van der Waals surface area (Å²) < 4.78 is 37.9. The molecule has 1 aromatic rings. The second kappa shape index (κ2) is 6.65. The maximum absolute atomic E-state index is 12.6. The highest BCUT2D eigenvalue weighted by Crippen LogP contribution is 2.28. The molecule has 2 saturated heterocycles. The maximum Gasteiger partial charge on any atom is 0.433 e. The lowest BCUT2D eigenvalue weighted by atomic mass is 10.1. The van der Waals surface area contributed by atoms with Crippen molar-refractivity contribution in [3.05, 3.63) is 29.1 Å². The van der Waals surface area contributed by atoms with Crippen molar-refractivity contribution in [3.63, 3.8) is 0 Å². The number of halogens is 4. The number of fused-ring (bicyclic) bond motifs is 2. The molecule has 4 nitrogen and oxygen atoms in total. The van der Waals surface area contributed by atoms with Gasteiger partial charge in [-0.2, -0.15) is 13.2 Å². The SMILES string of the molecule is Cc1nc(C(F)(F)F)ccc1C(=O)N1CCC2CCC(C1)N2.Cl. The monoisotopic (exact) mass is 349 g/mol. The maximum atomic E-state index is 12.6. The third kappa shape index (κ3) is 3.77. The van der Waals surface area contributed by atoms with Gasteiger partial charge in [-0.3, -0.25) is 4.79 Å². The van der Waals surface area contributed by atoms with Crippen molar-refractivity contribution in [3.8, 4) is 0 Å². The Balaban J connectivity index is 0.00000192. The van der Waals surface area contributed by atoms with Crippen molar-refractivity contribution < 1.29 is 18.0 Å². The van der Waals surface area contributed by atoms with Crippen LogP contribution in [0.3, 0.4) is 0 Å². The van der Waals surface area contributed by atoms with Crippen LogP contribution in [0.15, 0.2) is 12.1 Å². The molecule has 0 saturated carbocycles. The van der Waals surface area contributed by atoms with Crippen LogP contribution < -0.4 is 5.32 Å². The molecule has 2 unspecified atom stereocenters. The summed E-state index contributed by atoms with van der Waals surface area (Å²) in [5, 5.41) is 3.47. The van der Waals surface area contributed by atoms with Crippen molar-refractivity contribution >= 4 is 18.3 Å². The van der Waals surface area contributed by atoms with Crippen molar-refractivity contribution in [1.82, 2.24) is 15.2 Å². The molecule has 23 heavy (non-hydrogen) atoms. The van der Waals surface area contributed by atoms with E-state index in [9.17, 15) is 18.0 Å². The molecule has 1 N–H and O–H groups in total. The summed E-state index contributed by atoms with van der Waals surface area (Å²) in [5.74, 6) is -0.229. The van der Waals surface area contributed by atoms with Gasteiger partial charge in [0.2, 0.25) is 0 Å². The van der Waals surface area contributed by atoms with Crippen LogP contribution in [0.5, 0.6) is 0 Å². The Morgan fingerprint density at radius 1 is 1.26 bits per heavy atom. The van der Waals surface area contributed by atoms with Crippen LogP contribution in [0.1, 0.15) is 41.0 Å². The van der Waals surface area contributed by atoms with Gasteiger partial charge >= 0.3 is 6.18 Å². The summed E-state index contributed by atoms with van der Waals surface area (Å²) >= 11 is 0. The molecule has 8 heteroatoms. The van der Waals surface area contributed by atoms with Crippen molar-refractivity contribution in [1.29, 1.82) is 0 Å². The standard InChI is InChI=1S/C15H18F3N3O.ClH/c1-9-12(4-5-13(19-9)15(16,17)18)14(22)21-7-6-10-2-3-11(8-21)20-10;/h4-5,10-11,20H,2-3,6-8H2,1H3;1H. The van der Waals surface area contributed by atoms with E-state index in [2.05, 4.69) is 10.3 Å². The second-order valence-corrected chi connectivity index (χ2v) is 6.00. The summed E-state index contributed by atoms with van der Waals surface area (Å²) in [6, 6.07) is 2.86. The highest BCUT2D eigenvalue weighted by molar-refractivity contribution is 5.95. The Morgan fingerprint density at radius 2 is 1.96 bits per heavy atom. The predicted octanol–water partition coefficient (Wildman–Crippen LogP) is 2.80. The van der Waals surface area contributed by atoms with Gasteiger partial charge in [0.25, 0.3) is 5.91 Å². The lowest BCUT2D eigenvalue weighted by Crippen LogP contribution is -2.39. The second-order valence-electron chi connectivity index (χ2n) is 6.00. The molecular formula is C15H19ClF3N3O. The van der Waals surface area contributed by atoms with Gasteiger partial charge in [0, 0.05) is 25.2 Å². The van der Waals surface area contributed by atoms with E-state index in [1.165, 1.54) is 13.0 Å². The molecule has 0 aliphatic carbocycles. The third-order valence-corrected chi connectivity index (χ3v) is 4.42. The Hall–Kier alpha value is -1.34. The van der Waals surface area contributed by atoms with Crippen LogP contribution in [0.25, 0.3) is 0 Å². The van der Waals surface area contributed by atoms with E-state index in [4.69, 9.17) is 0 Å². The number of hydrogen-bond acceptors (Lipinski definition) is 3. The third-order valence-electron chi connectivity index (χ3n) is 4.42. The van der Waals surface area contributed by atoms with Crippen LogP contribution in [0.2, 0.25) is 0 Å². The summed E-state index contributed by atoms with van der Waals surface area (Å²) in [4.78, 5) is 17.9. The number of pyridine rings is 1. The smallest absolute Gasteiger partial charge is 0.337 e. The van der Waals surface area contributed by atoms with Crippen LogP contribution in [-0.2, 0) is 6.18 Å². The van der Waals surface area contributed by atoms with E-state index in [0.29, 0.717) is 25.2 Å². The van der Waals surface area contributed by atoms with Gasteiger partial charge in [0.15, 0.2) is 0 Å². The molecular weight excluding hydrogens is 331 g/mol. The summed E-state index contributed by atoms with van der Waals surface area (Å²) in [7, 11) is 0. The molecule has 0 radical (unpaired) electrons. The first-order valence-corrected chi connectivity index (χ1v) is 7.45. The Bertz CT molecular complexity index is 594. The minimum Gasteiger partial charge on any atom is -0.337 e. The van der Waals surface area contributed by atoms with Gasteiger partial charge in [-0.1, -0.05) is 0 Å². The topological polar surface area (TPSA) is 45.2 Å². The minimum absolute atomic E-state index is 0. The first kappa shape index (κ1) is 18.0. The molecule has 2 bridgehead atoms. The highest BCUT2D eigenvalue weighted by atomic mass is 35.5. The molecule has 2 aliphatic heterocycles. The van der Waals surface area contributed by atoms with Gasteiger partial charge in [0.1, 0.15) is 5.69 Å². The molecule has 2 atom stereocenters. The number of hydrogen-bond donors (Lipinski definition) is 1. The van der Waals surface area contributed by atoms with Crippen LogP contribution in [-0.4, -0.2) is 41.0 Å². The number of aryl methyl sites for hydroxylation is 1. The highest BCUT2D eigenvalue weighted by Gasteiger charge is 2.34. The van der Waals surface area contributed by atoms with E-state index < -0.39 is 11.9 Å². The summed E-state index contributed by atoms with van der Waals surface area (Å²) in [6.45, 7) is 2.69. The Labute approximate surface area is 138 Å². The molecule has 3 rings (SSSR count). The van der Waals surface area contributed by atoms with Crippen molar-refractivity contribution in [2.24, 2.45) is 0 Å². The van der Waals surface area contributed by atoms with E-state index in [0.717, 1.165) is 25.3 Å². The van der Waals surface area contributed by atoms with Gasteiger partial charge in [0.05, 0.1) is 11.3 Å². The van der Waals surface area contributed by atoms with Gasteiger partial charge in [-0.15, -0.1) is 12.4 Å². The Morgan fingerprint density at radius 3 is 2.61 bits per heavy atom. The first-order valence-electron chi connectivity index (χ1n) is 7.45. The van der Waals surface area contributed by atoms with E-state index in [1.807, 2.05) is 0 Å². The number of rotatable bonds is 1. The lowest BCUT2D eigenvalue weighted by molar-refractivity contribution is -0.141. The Kier molecular flexibility index (Phi) is 5.20. The number of nitrogens with one attached hydrogen (secondary N) is 1. The first-order chi connectivity index (χ1) is 10.3. The predicted molar refractivity (Wildman–Crippen MR) is 81.7 cm³/mol. The van der Waals surface area contributed by atoms with E-state index >= 15 is 0 Å². The number of aromatic nitrogens is 1. The molecule has 0 aromatic carbocycles. The summed E-state index contributed by atoms with van der Waals surface area (Å²) in [5.41, 5.74) is -0.578. The minimum atomic E-state index is -4.49. The number of alkyl halides is 3. The lowest BCUT2D eigenvalue weighted by Gasteiger charge is -2.25. The van der Waals surface area contributed by atoms with Crippen molar-refractivity contribution in [2.45, 2.75) is 44.4 Å². The quantitative estimate of drug-likeness (QED) is 0.848. The van der Waals surface area contributed by atoms with Gasteiger partial charge in [-0.25, -0.2) is 4.98 Å². The van der Waals surface area contributed by atoms with Crippen LogP contribution in [0, 0.1) is 6.92 Å².